The number of nitrogens with one attached hydrogen (secondary N) is 1. The van der Waals surface area contributed by atoms with E-state index in [1.807, 2.05) is 53.4 Å². The van der Waals surface area contributed by atoms with Crippen molar-refractivity contribution < 1.29 is 9.59 Å². The van der Waals surface area contributed by atoms with Crippen LogP contribution < -0.4 is 5.32 Å². The number of piperazine rings is 1. The van der Waals surface area contributed by atoms with Gasteiger partial charge in [-0.25, -0.2) is 0 Å². The van der Waals surface area contributed by atoms with Gasteiger partial charge in [0.25, 0.3) is 5.91 Å². The minimum atomic E-state index is -0.126. The first-order valence-corrected chi connectivity index (χ1v) is 10.7. The first-order valence-electron chi connectivity index (χ1n) is 10.7. The first kappa shape index (κ1) is 20.8. The highest BCUT2D eigenvalue weighted by Crippen LogP contribution is 2.19. The average Bonchev–Trinajstić information content (AvgIpc) is 2.81. The van der Waals surface area contributed by atoms with Gasteiger partial charge in [0.15, 0.2) is 0 Å². The van der Waals surface area contributed by atoms with Gasteiger partial charge in [0.2, 0.25) is 5.91 Å². The lowest BCUT2D eigenvalue weighted by Gasteiger charge is -2.35. The lowest BCUT2D eigenvalue weighted by molar-refractivity contribution is -0.115. The predicted octanol–water partition coefficient (Wildman–Crippen LogP) is 3.83. The quantitative estimate of drug-likeness (QED) is 0.668. The summed E-state index contributed by atoms with van der Waals surface area (Å²) in [6.07, 6.45) is 0.279. The number of hydrogen-bond donors (Lipinski definition) is 1. The van der Waals surface area contributed by atoms with Crippen LogP contribution in [-0.4, -0.2) is 47.8 Å². The van der Waals surface area contributed by atoms with Crippen molar-refractivity contribution in [3.05, 3.63) is 102 Å². The van der Waals surface area contributed by atoms with Crippen molar-refractivity contribution >= 4 is 17.5 Å². The number of carbonyl (C=O) groups is 2. The van der Waals surface area contributed by atoms with E-state index in [4.69, 9.17) is 0 Å². The van der Waals surface area contributed by atoms with Gasteiger partial charge in [0.05, 0.1) is 17.7 Å². The summed E-state index contributed by atoms with van der Waals surface area (Å²) in [6, 6.07) is 27.3. The second-order valence-corrected chi connectivity index (χ2v) is 7.81. The highest BCUT2D eigenvalue weighted by Gasteiger charge is 2.24. The van der Waals surface area contributed by atoms with Crippen LogP contribution in [0.25, 0.3) is 0 Å². The molecular formula is C26H27N3O2. The lowest BCUT2D eigenvalue weighted by Crippen LogP contribution is -2.48. The van der Waals surface area contributed by atoms with Crippen LogP contribution >= 0.6 is 0 Å². The van der Waals surface area contributed by atoms with Crippen molar-refractivity contribution in [1.29, 1.82) is 0 Å². The van der Waals surface area contributed by atoms with Crippen LogP contribution in [0.15, 0.2) is 84.9 Å². The number of anilines is 1. The largest absolute Gasteiger partial charge is 0.336 e. The van der Waals surface area contributed by atoms with E-state index in [9.17, 15) is 9.59 Å². The van der Waals surface area contributed by atoms with Crippen LogP contribution in [0, 0.1) is 0 Å². The Labute approximate surface area is 183 Å². The van der Waals surface area contributed by atoms with Crippen LogP contribution in [0.2, 0.25) is 0 Å². The van der Waals surface area contributed by atoms with Crippen LogP contribution in [-0.2, 0) is 17.8 Å². The van der Waals surface area contributed by atoms with Crippen molar-refractivity contribution in [3.63, 3.8) is 0 Å². The number of carbonyl (C=O) groups excluding carboxylic acids is 2. The second-order valence-electron chi connectivity index (χ2n) is 7.81. The number of nitrogens with zero attached hydrogens (tertiary/aromatic N) is 2. The summed E-state index contributed by atoms with van der Waals surface area (Å²) in [6.45, 7) is 3.93. The Morgan fingerprint density at radius 1 is 0.710 bits per heavy atom. The molecule has 1 heterocycles. The van der Waals surface area contributed by atoms with Gasteiger partial charge in [-0.05, 0) is 23.3 Å². The average molecular weight is 414 g/mol. The summed E-state index contributed by atoms with van der Waals surface area (Å²) in [4.78, 5) is 29.9. The summed E-state index contributed by atoms with van der Waals surface area (Å²) in [7, 11) is 0. The molecule has 0 atom stereocenters. The Hall–Kier alpha value is -3.44. The standard InChI is InChI=1S/C26H27N3O2/c30-25(19-21-9-3-1-4-10-21)27-24-14-8-7-13-23(24)26(31)29-17-15-28(16-18-29)20-22-11-5-2-6-12-22/h1-14H,15-20H2,(H,27,30). The Balaban J connectivity index is 1.36. The first-order chi connectivity index (χ1) is 15.2. The molecule has 0 radical (unpaired) electrons. The number of rotatable bonds is 6. The molecule has 4 rings (SSSR count). The zero-order valence-corrected chi connectivity index (χ0v) is 17.5. The third-order valence-corrected chi connectivity index (χ3v) is 5.55. The molecule has 0 spiro atoms. The summed E-state index contributed by atoms with van der Waals surface area (Å²) in [5.74, 6) is -0.158. The molecule has 1 N–H and O–H groups in total. The van der Waals surface area contributed by atoms with E-state index in [1.54, 1.807) is 12.1 Å². The summed E-state index contributed by atoms with van der Waals surface area (Å²) in [5, 5.41) is 2.92. The fraction of sp³-hybridized carbons (Fsp3) is 0.231. The van der Waals surface area contributed by atoms with Crippen LogP contribution in [0.1, 0.15) is 21.5 Å². The predicted molar refractivity (Wildman–Crippen MR) is 123 cm³/mol. The van der Waals surface area contributed by atoms with Gasteiger partial charge in [0, 0.05) is 32.7 Å². The van der Waals surface area contributed by atoms with Gasteiger partial charge < -0.3 is 10.2 Å². The molecule has 0 bridgehead atoms. The molecule has 5 nitrogen and oxygen atoms in total. The topological polar surface area (TPSA) is 52.7 Å². The summed E-state index contributed by atoms with van der Waals surface area (Å²) in [5.41, 5.74) is 3.34. The van der Waals surface area contributed by atoms with E-state index in [1.165, 1.54) is 5.56 Å². The molecule has 0 aromatic heterocycles. The number of amides is 2. The molecule has 158 valence electrons. The van der Waals surface area contributed by atoms with Crippen LogP contribution in [0.5, 0.6) is 0 Å². The second kappa shape index (κ2) is 10.0. The minimum absolute atomic E-state index is 0.0324. The third-order valence-electron chi connectivity index (χ3n) is 5.55. The van der Waals surface area contributed by atoms with Crippen molar-refractivity contribution in [2.75, 3.05) is 31.5 Å². The van der Waals surface area contributed by atoms with Crippen LogP contribution in [0.4, 0.5) is 5.69 Å². The molecular weight excluding hydrogens is 386 g/mol. The molecule has 1 fully saturated rings. The third kappa shape index (κ3) is 5.58. The fourth-order valence-corrected chi connectivity index (χ4v) is 3.88. The highest BCUT2D eigenvalue weighted by molar-refractivity contribution is 6.04. The van der Waals surface area contributed by atoms with Crippen molar-refractivity contribution in [2.45, 2.75) is 13.0 Å². The van der Waals surface area contributed by atoms with Gasteiger partial charge in [-0.3, -0.25) is 14.5 Å². The van der Waals surface area contributed by atoms with E-state index >= 15 is 0 Å². The lowest BCUT2D eigenvalue weighted by atomic mass is 10.1. The van der Waals surface area contributed by atoms with Crippen molar-refractivity contribution in [1.82, 2.24) is 9.80 Å². The van der Waals surface area contributed by atoms with Gasteiger partial charge in [-0.1, -0.05) is 72.8 Å². The molecule has 1 aliphatic heterocycles. The molecule has 0 unspecified atom stereocenters. The van der Waals surface area contributed by atoms with Gasteiger partial charge in [0.1, 0.15) is 0 Å². The highest BCUT2D eigenvalue weighted by atomic mass is 16.2. The number of benzene rings is 3. The van der Waals surface area contributed by atoms with Crippen LogP contribution in [0.3, 0.4) is 0 Å². The maximum absolute atomic E-state index is 13.2. The maximum atomic E-state index is 13.2. The molecule has 1 saturated heterocycles. The molecule has 3 aromatic carbocycles. The Bertz CT molecular complexity index is 1010. The van der Waals surface area contributed by atoms with E-state index in [0.717, 1.165) is 25.2 Å². The molecule has 5 heteroatoms. The molecule has 3 aromatic rings. The maximum Gasteiger partial charge on any atom is 0.256 e. The van der Waals surface area contributed by atoms with Gasteiger partial charge in [-0.15, -0.1) is 0 Å². The smallest absolute Gasteiger partial charge is 0.256 e. The molecule has 0 saturated carbocycles. The van der Waals surface area contributed by atoms with Crippen molar-refractivity contribution in [3.8, 4) is 0 Å². The summed E-state index contributed by atoms with van der Waals surface area (Å²) < 4.78 is 0. The normalized spacial score (nSPS) is 14.3. The molecule has 2 amide bonds. The molecule has 31 heavy (non-hydrogen) atoms. The monoisotopic (exact) mass is 413 g/mol. The van der Waals surface area contributed by atoms with E-state index in [2.05, 4.69) is 34.5 Å². The van der Waals surface area contributed by atoms with E-state index in [0.29, 0.717) is 24.3 Å². The SMILES string of the molecule is O=C(Cc1ccccc1)Nc1ccccc1C(=O)N1CCN(Cc2ccccc2)CC1. The summed E-state index contributed by atoms with van der Waals surface area (Å²) >= 11 is 0. The molecule has 1 aliphatic rings. The van der Waals surface area contributed by atoms with Gasteiger partial charge >= 0.3 is 0 Å². The Morgan fingerprint density at radius 3 is 1.97 bits per heavy atom. The minimum Gasteiger partial charge on any atom is -0.336 e. The van der Waals surface area contributed by atoms with Gasteiger partial charge in [-0.2, -0.15) is 0 Å². The Kier molecular flexibility index (Phi) is 6.75. The number of para-hydroxylation sites is 1. The zero-order valence-electron chi connectivity index (χ0n) is 17.5. The zero-order chi connectivity index (χ0) is 21.5. The fourth-order valence-electron chi connectivity index (χ4n) is 3.88. The Morgan fingerprint density at radius 2 is 1.29 bits per heavy atom. The molecule has 0 aliphatic carbocycles. The van der Waals surface area contributed by atoms with E-state index in [-0.39, 0.29) is 18.2 Å². The van der Waals surface area contributed by atoms with Crippen molar-refractivity contribution in [2.24, 2.45) is 0 Å². The van der Waals surface area contributed by atoms with E-state index < -0.39 is 0 Å². The number of hydrogen-bond acceptors (Lipinski definition) is 3.